The average molecular weight is 263 g/mol. The zero-order valence-corrected chi connectivity index (χ0v) is 11.3. The lowest BCUT2D eigenvalue weighted by Crippen LogP contribution is -2.53. The second-order valence-corrected chi connectivity index (χ2v) is 5.10. The third-order valence-corrected chi connectivity index (χ3v) is 3.72. The molecule has 2 atom stereocenters. The van der Waals surface area contributed by atoms with Crippen molar-refractivity contribution in [2.75, 3.05) is 19.8 Å². The molecule has 2 N–H and O–H groups in total. The minimum absolute atomic E-state index is 0.0340. The largest absolute Gasteiger partial charge is 0.394 e. The van der Waals surface area contributed by atoms with Gasteiger partial charge in [-0.05, 0) is 18.4 Å². The quantitative estimate of drug-likeness (QED) is 0.845. The molecule has 1 amide bonds. The SMILES string of the molecule is CC[C@@H](C(=O)N[C@@]1(CO)CCOC1)c1ccccc1. The number of hydrogen-bond donors (Lipinski definition) is 2. The molecule has 1 heterocycles. The fourth-order valence-electron chi connectivity index (χ4n) is 2.48. The van der Waals surface area contributed by atoms with Gasteiger partial charge in [-0.2, -0.15) is 0 Å². The van der Waals surface area contributed by atoms with E-state index in [4.69, 9.17) is 4.74 Å². The fourth-order valence-corrected chi connectivity index (χ4v) is 2.48. The maximum atomic E-state index is 12.4. The third kappa shape index (κ3) is 3.14. The Morgan fingerprint density at radius 3 is 2.74 bits per heavy atom. The molecule has 4 heteroatoms. The number of carbonyl (C=O) groups excluding carboxylic acids is 1. The molecule has 1 aliphatic rings. The number of amides is 1. The van der Waals surface area contributed by atoms with Crippen molar-refractivity contribution in [3.8, 4) is 0 Å². The van der Waals surface area contributed by atoms with Crippen LogP contribution in [0.1, 0.15) is 31.2 Å². The highest BCUT2D eigenvalue weighted by Crippen LogP contribution is 2.23. The fraction of sp³-hybridized carbons (Fsp3) is 0.533. The molecule has 1 aromatic rings. The molecule has 104 valence electrons. The van der Waals surface area contributed by atoms with Gasteiger partial charge in [-0.1, -0.05) is 37.3 Å². The maximum Gasteiger partial charge on any atom is 0.228 e. The van der Waals surface area contributed by atoms with Crippen molar-refractivity contribution in [3.05, 3.63) is 35.9 Å². The molecule has 0 unspecified atom stereocenters. The summed E-state index contributed by atoms with van der Waals surface area (Å²) in [6, 6.07) is 9.74. The second kappa shape index (κ2) is 6.17. The molecule has 0 saturated carbocycles. The number of aliphatic hydroxyl groups excluding tert-OH is 1. The molecule has 1 aromatic carbocycles. The Balaban J connectivity index is 2.09. The van der Waals surface area contributed by atoms with E-state index in [1.807, 2.05) is 37.3 Å². The van der Waals surface area contributed by atoms with Crippen LogP contribution in [0.4, 0.5) is 0 Å². The van der Waals surface area contributed by atoms with Gasteiger partial charge in [0.1, 0.15) is 0 Å². The summed E-state index contributed by atoms with van der Waals surface area (Å²) in [5.74, 6) is -0.210. The normalized spacial score (nSPS) is 24.1. The van der Waals surface area contributed by atoms with Crippen LogP contribution in [0.15, 0.2) is 30.3 Å². The summed E-state index contributed by atoms with van der Waals surface area (Å²) >= 11 is 0. The van der Waals surface area contributed by atoms with Crippen LogP contribution in [-0.2, 0) is 9.53 Å². The maximum absolute atomic E-state index is 12.4. The van der Waals surface area contributed by atoms with Gasteiger partial charge in [-0.25, -0.2) is 0 Å². The van der Waals surface area contributed by atoms with Crippen LogP contribution in [0.25, 0.3) is 0 Å². The zero-order chi connectivity index (χ0) is 13.7. The first-order chi connectivity index (χ1) is 9.21. The van der Waals surface area contributed by atoms with E-state index in [1.54, 1.807) is 0 Å². The van der Waals surface area contributed by atoms with Crippen molar-refractivity contribution in [1.82, 2.24) is 5.32 Å². The lowest BCUT2D eigenvalue weighted by atomic mass is 9.93. The summed E-state index contributed by atoms with van der Waals surface area (Å²) in [6.07, 6.45) is 1.40. The number of aliphatic hydroxyl groups is 1. The van der Waals surface area contributed by atoms with Gasteiger partial charge < -0.3 is 15.2 Å². The number of benzene rings is 1. The van der Waals surface area contributed by atoms with Gasteiger partial charge in [-0.3, -0.25) is 4.79 Å². The van der Waals surface area contributed by atoms with Crippen LogP contribution in [0, 0.1) is 0 Å². The highest BCUT2D eigenvalue weighted by atomic mass is 16.5. The Hall–Kier alpha value is -1.39. The number of hydrogen-bond acceptors (Lipinski definition) is 3. The molecule has 4 nitrogen and oxygen atoms in total. The Morgan fingerprint density at radius 1 is 1.47 bits per heavy atom. The molecule has 0 bridgehead atoms. The average Bonchev–Trinajstić information content (AvgIpc) is 2.90. The molecule has 0 radical (unpaired) electrons. The standard InChI is InChI=1S/C15H21NO3/c1-2-13(12-6-4-3-5-7-12)14(18)16-15(10-17)8-9-19-11-15/h3-7,13,17H,2,8-11H2,1H3,(H,16,18)/t13-,15-/m1/s1. The number of ether oxygens (including phenoxy) is 1. The topological polar surface area (TPSA) is 58.6 Å². The smallest absolute Gasteiger partial charge is 0.228 e. The van der Waals surface area contributed by atoms with Gasteiger partial charge in [0, 0.05) is 6.61 Å². The summed E-state index contributed by atoms with van der Waals surface area (Å²) < 4.78 is 5.30. The van der Waals surface area contributed by atoms with Gasteiger partial charge in [0.15, 0.2) is 0 Å². The monoisotopic (exact) mass is 263 g/mol. The lowest BCUT2D eigenvalue weighted by molar-refractivity contribution is -0.125. The first-order valence-electron chi connectivity index (χ1n) is 6.76. The minimum atomic E-state index is -0.598. The van der Waals surface area contributed by atoms with E-state index in [-0.39, 0.29) is 18.4 Å². The molecule has 19 heavy (non-hydrogen) atoms. The van der Waals surface area contributed by atoms with Gasteiger partial charge in [0.05, 0.1) is 24.7 Å². The van der Waals surface area contributed by atoms with E-state index in [1.165, 1.54) is 0 Å². The van der Waals surface area contributed by atoms with Gasteiger partial charge in [-0.15, -0.1) is 0 Å². The molecular weight excluding hydrogens is 242 g/mol. The van der Waals surface area contributed by atoms with Crippen LogP contribution >= 0.6 is 0 Å². The zero-order valence-electron chi connectivity index (χ0n) is 11.3. The number of nitrogens with one attached hydrogen (secondary N) is 1. The molecule has 0 aromatic heterocycles. The lowest BCUT2D eigenvalue weighted by Gasteiger charge is -2.28. The molecule has 0 spiro atoms. The Morgan fingerprint density at radius 2 is 2.21 bits per heavy atom. The summed E-state index contributed by atoms with van der Waals surface area (Å²) in [7, 11) is 0. The third-order valence-electron chi connectivity index (χ3n) is 3.72. The number of carbonyl (C=O) groups is 1. The van der Waals surface area contributed by atoms with Crippen LogP contribution in [0.2, 0.25) is 0 Å². The van der Waals surface area contributed by atoms with E-state index < -0.39 is 5.54 Å². The van der Waals surface area contributed by atoms with Crippen LogP contribution in [0.5, 0.6) is 0 Å². The molecule has 1 aliphatic heterocycles. The van der Waals surface area contributed by atoms with E-state index in [9.17, 15) is 9.90 Å². The van der Waals surface area contributed by atoms with Gasteiger partial charge >= 0.3 is 0 Å². The summed E-state index contributed by atoms with van der Waals surface area (Å²) in [5.41, 5.74) is 0.411. The summed E-state index contributed by atoms with van der Waals surface area (Å²) in [4.78, 5) is 12.4. The Kier molecular flexibility index (Phi) is 4.56. The van der Waals surface area contributed by atoms with Crippen molar-refractivity contribution in [1.29, 1.82) is 0 Å². The van der Waals surface area contributed by atoms with Crippen molar-refractivity contribution in [2.24, 2.45) is 0 Å². The first-order valence-corrected chi connectivity index (χ1v) is 6.76. The highest BCUT2D eigenvalue weighted by Gasteiger charge is 2.37. The van der Waals surface area contributed by atoms with Crippen molar-refractivity contribution in [2.45, 2.75) is 31.2 Å². The Bertz CT molecular complexity index is 413. The molecule has 2 rings (SSSR count). The van der Waals surface area contributed by atoms with Crippen molar-refractivity contribution in [3.63, 3.8) is 0 Å². The molecule has 1 saturated heterocycles. The van der Waals surface area contributed by atoms with Crippen molar-refractivity contribution < 1.29 is 14.6 Å². The number of rotatable bonds is 5. The van der Waals surface area contributed by atoms with E-state index in [0.717, 1.165) is 12.0 Å². The van der Waals surface area contributed by atoms with E-state index in [0.29, 0.717) is 19.6 Å². The van der Waals surface area contributed by atoms with Gasteiger partial charge in [0.2, 0.25) is 5.91 Å². The predicted octanol–water partition coefficient (Wildman–Crippen LogP) is 1.45. The van der Waals surface area contributed by atoms with Gasteiger partial charge in [0.25, 0.3) is 0 Å². The van der Waals surface area contributed by atoms with Crippen LogP contribution in [0.3, 0.4) is 0 Å². The molecule has 0 aliphatic carbocycles. The van der Waals surface area contributed by atoms with Crippen molar-refractivity contribution >= 4 is 5.91 Å². The second-order valence-electron chi connectivity index (χ2n) is 5.10. The Labute approximate surface area is 113 Å². The minimum Gasteiger partial charge on any atom is -0.394 e. The predicted molar refractivity (Wildman–Crippen MR) is 72.9 cm³/mol. The summed E-state index contributed by atoms with van der Waals surface area (Å²) in [6.45, 7) is 2.89. The van der Waals surface area contributed by atoms with Crippen LogP contribution in [-0.4, -0.2) is 36.4 Å². The highest BCUT2D eigenvalue weighted by molar-refractivity contribution is 5.84. The van der Waals surface area contributed by atoms with Crippen LogP contribution < -0.4 is 5.32 Å². The van der Waals surface area contributed by atoms with E-state index in [2.05, 4.69) is 5.32 Å². The first kappa shape index (κ1) is 14.0. The summed E-state index contributed by atoms with van der Waals surface area (Å²) in [5, 5.41) is 12.5. The van der Waals surface area contributed by atoms with E-state index >= 15 is 0 Å². The molecule has 1 fully saturated rings. The molecular formula is C15H21NO3.